The number of nitrogen functional groups attached to an aromatic ring is 1. The third kappa shape index (κ3) is 3.11. The SMILES string of the molecule is CCCCN(CC)c1cc(N)c(C)cn1. The van der Waals surface area contributed by atoms with Gasteiger partial charge in [-0.25, -0.2) is 4.98 Å². The Morgan fingerprint density at radius 1 is 1.40 bits per heavy atom. The van der Waals surface area contributed by atoms with E-state index in [0.29, 0.717) is 0 Å². The molecule has 0 saturated carbocycles. The first-order chi connectivity index (χ1) is 7.19. The predicted octanol–water partition coefficient (Wildman–Crippen LogP) is 2.60. The molecule has 0 aliphatic heterocycles. The number of pyridine rings is 1. The predicted molar refractivity (Wildman–Crippen MR) is 66.2 cm³/mol. The van der Waals surface area contributed by atoms with Crippen molar-refractivity contribution in [2.24, 2.45) is 0 Å². The minimum atomic E-state index is 0.829. The highest BCUT2D eigenvalue weighted by molar-refractivity contribution is 5.54. The number of anilines is 2. The zero-order valence-corrected chi connectivity index (χ0v) is 9.95. The van der Waals surface area contributed by atoms with Crippen LogP contribution in [0.5, 0.6) is 0 Å². The van der Waals surface area contributed by atoms with Gasteiger partial charge in [0.15, 0.2) is 0 Å². The molecule has 0 saturated heterocycles. The van der Waals surface area contributed by atoms with Crippen LogP contribution in [0.25, 0.3) is 0 Å². The molecule has 0 bridgehead atoms. The van der Waals surface area contributed by atoms with Crippen LogP contribution >= 0.6 is 0 Å². The molecular formula is C12H21N3. The lowest BCUT2D eigenvalue weighted by molar-refractivity contribution is 0.724. The van der Waals surface area contributed by atoms with E-state index in [1.165, 1.54) is 12.8 Å². The average Bonchev–Trinajstić information content (AvgIpc) is 2.24. The first-order valence-electron chi connectivity index (χ1n) is 5.66. The van der Waals surface area contributed by atoms with E-state index in [1.54, 1.807) is 0 Å². The molecule has 1 aromatic heterocycles. The number of nitrogens with zero attached hydrogens (tertiary/aromatic N) is 2. The molecule has 3 heteroatoms. The summed E-state index contributed by atoms with van der Waals surface area (Å²) in [5.74, 6) is 0.994. The summed E-state index contributed by atoms with van der Waals surface area (Å²) in [6.07, 6.45) is 4.25. The number of aromatic nitrogens is 1. The maximum Gasteiger partial charge on any atom is 0.130 e. The molecule has 0 atom stereocenters. The van der Waals surface area contributed by atoms with E-state index in [1.807, 2.05) is 19.2 Å². The average molecular weight is 207 g/mol. The van der Waals surface area contributed by atoms with Crippen LogP contribution in [-0.2, 0) is 0 Å². The molecule has 0 aliphatic carbocycles. The molecular weight excluding hydrogens is 186 g/mol. The number of nitrogens with two attached hydrogens (primary N) is 1. The lowest BCUT2D eigenvalue weighted by Crippen LogP contribution is -2.24. The molecule has 84 valence electrons. The Morgan fingerprint density at radius 2 is 2.13 bits per heavy atom. The smallest absolute Gasteiger partial charge is 0.130 e. The van der Waals surface area contributed by atoms with Gasteiger partial charge in [0.05, 0.1) is 0 Å². The third-order valence-corrected chi connectivity index (χ3v) is 2.62. The van der Waals surface area contributed by atoms with Gasteiger partial charge in [0, 0.05) is 31.0 Å². The van der Waals surface area contributed by atoms with Crippen LogP contribution < -0.4 is 10.6 Å². The van der Waals surface area contributed by atoms with E-state index in [-0.39, 0.29) is 0 Å². The maximum atomic E-state index is 5.88. The molecule has 1 aromatic rings. The molecule has 0 aromatic carbocycles. The van der Waals surface area contributed by atoms with Crippen molar-refractivity contribution in [2.45, 2.75) is 33.6 Å². The Labute approximate surface area is 92.3 Å². The number of hydrogen-bond acceptors (Lipinski definition) is 3. The summed E-state index contributed by atoms with van der Waals surface area (Å²) >= 11 is 0. The zero-order valence-electron chi connectivity index (χ0n) is 9.95. The van der Waals surface area contributed by atoms with Gasteiger partial charge < -0.3 is 10.6 Å². The summed E-state index contributed by atoms with van der Waals surface area (Å²) in [4.78, 5) is 6.67. The van der Waals surface area contributed by atoms with Crippen LogP contribution in [0.4, 0.5) is 11.5 Å². The lowest BCUT2D eigenvalue weighted by atomic mass is 10.2. The van der Waals surface area contributed by atoms with Crippen molar-refractivity contribution >= 4 is 11.5 Å². The van der Waals surface area contributed by atoms with Gasteiger partial charge in [-0.15, -0.1) is 0 Å². The van der Waals surface area contributed by atoms with Gasteiger partial charge in [-0.3, -0.25) is 0 Å². The Kier molecular flexibility index (Phi) is 4.40. The minimum absolute atomic E-state index is 0.829. The zero-order chi connectivity index (χ0) is 11.3. The van der Waals surface area contributed by atoms with Crippen molar-refractivity contribution in [3.05, 3.63) is 17.8 Å². The number of unbranched alkanes of at least 4 members (excludes halogenated alkanes) is 1. The van der Waals surface area contributed by atoms with E-state index in [9.17, 15) is 0 Å². The molecule has 15 heavy (non-hydrogen) atoms. The monoisotopic (exact) mass is 207 g/mol. The summed E-state index contributed by atoms with van der Waals surface area (Å²) in [5, 5.41) is 0. The van der Waals surface area contributed by atoms with Gasteiger partial charge in [0.2, 0.25) is 0 Å². The summed E-state index contributed by atoms with van der Waals surface area (Å²) in [5.41, 5.74) is 7.75. The molecule has 1 rings (SSSR count). The van der Waals surface area contributed by atoms with Crippen LogP contribution in [0.1, 0.15) is 32.3 Å². The summed E-state index contributed by atoms with van der Waals surface area (Å²) in [7, 11) is 0. The Bertz CT molecular complexity index is 310. The first kappa shape index (κ1) is 11.8. The first-order valence-corrected chi connectivity index (χ1v) is 5.66. The minimum Gasteiger partial charge on any atom is -0.398 e. The quantitative estimate of drug-likeness (QED) is 0.807. The van der Waals surface area contributed by atoms with E-state index in [4.69, 9.17) is 5.73 Å². The van der Waals surface area contributed by atoms with Gasteiger partial charge in [0.25, 0.3) is 0 Å². The fourth-order valence-corrected chi connectivity index (χ4v) is 1.48. The topological polar surface area (TPSA) is 42.1 Å². The molecule has 0 radical (unpaired) electrons. The van der Waals surface area contributed by atoms with Crippen molar-refractivity contribution in [1.29, 1.82) is 0 Å². The van der Waals surface area contributed by atoms with Crippen molar-refractivity contribution in [3.63, 3.8) is 0 Å². The number of hydrogen-bond donors (Lipinski definition) is 1. The van der Waals surface area contributed by atoms with Crippen molar-refractivity contribution in [2.75, 3.05) is 23.7 Å². The highest BCUT2D eigenvalue weighted by Crippen LogP contribution is 2.17. The van der Waals surface area contributed by atoms with Crippen molar-refractivity contribution in [3.8, 4) is 0 Å². The molecule has 0 unspecified atom stereocenters. The van der Waals surface area contributed by atoms with Crippen LogP contribution in [0.2, 0.25) is 0 Å². The Balaban J connectivity index is 2.78. The normalized spacial score (nSPS) is 10.3. The van der Waals surface area contributed by atoms with Crippen LogP contribution in [0, 0.1) is 6.92 Å². The van der Waals surface area contributed by atoms with Crippen LogP contribution in [0.15, 0.2) is 12.3 Å². The molecule has 1 heterocycles. The molecule has 3 nitrogen and oxygen atoms in total. The molecule has 0 aliphatic rings. The van der Waals surface area contributed by atoms with Crippen molar-refractivity contribution < 1.29 is 0 Å². The van der Waals surface area contributed by atoms with E-state index in [2.05, 4.69) is 23.7 Å². The van der Waals surface area contributed by atoms with Gasteiger partial charge in [-0.05, 0) is 25.8 Å². The third-order valence-electron chi connectivity index (χ3n) is 2.62. The van der Waals surface area contributed by atoms with Crippen molar-refractivity contribution in [1.82, 2.24) is 4.98 Å². The highest BCUT2D eigenvalue weighted by atomic mass is 15.2. The molecule has 0 fully saturated rings. The van der Waals surface area contributed by atoms with Gasteiger partial charge in [-0.1, -0.05) is 13.3 Å². The van der Waals surface area contributed by atoms with Crippen LogP contribution in [0.3, 0.4) is 0 Å². The Morgan fingerprint density at radius 3 is 2.67 bits per heavy atom. The summed E-state index contributed by atoms with van der Waals surface area (Å²) in [6.45, 7) is 8.37. The fourth-order valence-electron chi connectivity index (χ4n) is 1.48. The molecule has 2 N–H and O–H groups in total. The second-order valence-electron chi connectivity index (χ2n) is 3.83. The number of aryl methyl sites for hydroxylation is 1. The Hall–Kier alpha value is -1.25. The fraction of sp³-hybridized carbons (Fsp3) is 0.583. The van der Waals surface area contributed by atoms with Gasteiger partial charge in [0.1, 0.15) is 5.82 Å². The van der Waals surface area contributed by atoms with E-state index >= 15 is 0 Å². The molecule has 0 amide bonds. The van der Waals surface area contributed by atoms with Gasteiger partial charge >= 0.3 is 0 Å². The second kappa shape index (κ2) is 5.59. The standard InChI is InChI=1S/C12H21N3/c1-4-6-7-15(5-2)12-8-11(13)10(3)9-14-12/h8-9H,4-7H2,1-3H3,(H2,13,14). The van der Waals surface area contributed by atoms with E-state index < -0.39 is 0 Å². The number of rotatable bonds is 5. The maximum absolute atomic E-state index is 5.88. The van der Waals surface area contributed by atoms with Gasteiger partial charge in [-0.2, -0.15) is 0 Å². The van der Waals surface area contributed by atoms with Crippen LogP contribution in [-0.4, -0.2) is 18.1 Å². The molecule has 0 spiro atoms. The summed E-state index contributed by atoms with van der Waals surface area (Å²) in [6, 6.07) is 1.97. The lowest BCUT2D eigenvalue weighted by Gasteiger charge is -2.22. The highest BCUT2D eigenvalue weighted by Gasteiger charge is 2.06. The largest absolute Gasteiger partial charge is 0.398 e. The second-order valence-corrected chi connectivity index (χ2v) is 3.83. The van der Waals surface area contributed by atoms with E-state index in [0.717, 1.165) is 30.2 Å². The summed E-state index contributed by atoms with van der Waals surface area (Å²) < 4.78 is 0.